The Morgan fingerprint density at radius 1 is 1.00 bits per heavy atom. The first-order chi connectivity index (χ1) is 6.18. The zero-order valence-electron chi connectivity index (χ0n) is 8.69. The van der Waals surface area contributed by atoms with Gasteiger partial charge < -0.3 is 0 Å². The molecule has 0 saturated carbocycles. The Morgan fingerprint density at radius 3 is 1.85 bits per heavy atom. The van der Waals surface area contributed by atoms with Crippen molar-refractivity contribution < 1.29 is 0 Å². The average molecular weight is 350 g/mol. The molecule has 0 aromatic carbocycles. The SMILES string of the molecule is CCCCCCB(Br)Br.CSSC. The van der Waals surface area contributed by atoms with Crippen molar-refractivity contribution in [1.29, 1.82) is 0 Å². The van der Waals surface area contributed by atoms with Gasteiger partial charge in [-0.15, -0.1) is 31.5 Å². The molecule has 0 aliphatic rings. The summed E-state index contributed by atoms with van der Waals surface area (Å²) in [6, 6.07) is 0. The summed E-state index contributed by atoms with van der Waals surface area (Å²) >= 11 is 6.89. The lowest BCUT2D eigenvalue weighted by Crippen LogP contribution is -1.88. The molecule has 0 aromatic rings. The molecule has 0 N–H and O–H groups in total. The molecule has 0 bridgehead atoms. The standard InChI is InChI=1S/C6H13BBr2.C2H6S2/c1-2-3-4-5-6-7(8)9;1-3-4-2/h2-6H2,1H3;1-2H3. The molecule has 0 amide bonds. The maximum atomic E-state index is 3.44. The van der Waals surface area contributed by atoms with E-state index in [0.717, 1.165) is 0 Å². The summed E-state index contributed by atoms with van der Waals surface area (Å²) in [6.07, 6.45) is 10.8. The third kappa shape index (κ3) is 24.8. The Labute approximate surface area is 108 Å². The van der Waals surface area contributed by atoms with Gasteiger partial charge in [-0.25, -0.2) is 0 Å². The molecule has 0 rings (SSSR count). The van der Waals surface area contributed by atoms with Crippen LogP contribution in [0.15, 0.2) is 0 Å². The van der Waals surface area contributed by atoms with Crippen LogP contribution in [0, 0.1) is 0 Å². The van der Waals surface area contributed by atoms with Crippen LogP contribution in [0.1, 0.15) is 32.6 Å². The minimum Gasteiger partial charge on any atom is -0.139 e. The van der Waals surface area contributed by atoms with E-state index in [0.29, 0.717) is 4.36 Å². The number of unbranched alkanes of at least 4 members (excludes halogenated alkanes) is 3. The van der Waals surface area contributed by atoms with Gasteiger partial charge >= 0.3 is 0 Å². The Balaban J connectivity index is 0. The molecule has 0 spiro atoms. The molecule has 0 radical (unpaired) electrons. The van der Waals surface area contributed by atoms with E-state index in [-0.39, 0.29) is 0 Å². The predicted octanol–water partition coefficient (Wildman–Crippen LogP) is 5.47. The summed E-state index contributed by atoms with van der Waals surface area (Å²) in [5.41, 5.74) is 0. The predicted molar refractivity (Wildman–Crippen MR) is 79.6 cm³/mol. The van der Waals surface area contributed by atoms with Crippen LogP contribution in [0.5, 0.6) is 0 Å². The van der Waals surface area contributed by atoms with Gasteiger partial charge in [-0.2, -0.15) is 0 Å². The molecule has 0 fully saturated rings. The molecule has 0 aliphatic carbocycles. The van der Waals surface area contributed by atoms with Gasteiger partial charge in [-0.05, 0) is 12.5 Å². The van der Waals surface area contributed by atoms with E-state index in [4.69, 9.17) is 0 Å². The van der Waals surface area contributed by atoms with Crippen molar-refractivity contribution in [3.63, 3.8) is 0 Å². The lowest BCUT2D eigenvalue weighted by atomic mass is 9.98. The molecule has 0 heterocycles. The van der Waals surface area contributed by atoms with Crippen molar-refractivity contribution >= 4 is 57.5 Å². The largest absolute Gasteiger partial charge is 0.298 e. The number of hydrogen-bond donors (Lipinski definition) is 0. The summed E-state index contributed by atoms with van der Waals surface area (Å²) in [4.78, 5) is 0. The van der Waals surface area contributed by atoms with Crippen molar-refractivity contribution in [3.8, 4) is 0 Å². The van der Waals surface area contributed by atoms with Crippen LogP contribution in [0.4, 0.5) is 0 Å². The minimum absolute atomic E-state index is 0.529. The number of hydrogen-bond acceptors (Lipinski definition) is 2. The fourth-order valence-electron chi connectivity index (χ4n) is 0.725. The summed E-state index contributed by atoms with van der Waals surface area (Å²) in [5, 5.41) is 0. The van der Waals surface area contributed by atoms with Gasteiger partial charge in [0.05, 0.1) is 0 Å². The van der Waals surface area contributed by atoms with Crippen LogP contribution in [-0.4, -0.2) is 16.9 Å². The molecular formula is C8H19BBr2S2. The molecule has 0 unspecified atom stereocenters. The van der Waals surface area contributed by atoms with E-state index in [9.17, 15) is 0 Å². The van der Waals surface area contributed by atoms with E-state index >= 15 is 0 Å². The van der Waals surface area contributed by atoms with E-state index in [1.54, 1.807) is 21.6 Å². The number of halogens is 2. The highest BCUT2D eigenvalue weighted by atomic mass is 79.9. The maximum Gasteiger partial charge on any atom is 0.298 e. The van der Waals surface area contributed by atoms with Gasteiger partial charge in [-0.3, -0.25) is 0 Å². The Kier molecular flexibility index (Phi) is 21.3. The first kappa shape index (κ1) is 17.1. The van der Waals surface area contributed by atoms with E-state index in [1.807, 2.05) is 0 Å². The van der Waals surface area contributed by atoms with Gasteiger partial charge in [0.2, 0.25) is 0 Å². The van der Waals surface area contributed by atoms with Crippen LogP contribution in [0.25, 0.3) is 0 Å². The van der Waals surface area contributed by atoms with Gasteiger partial charge in [0, 0.05) is 0 Å². The fourth-order valence-corrected chi connectivity index (χ4v) is 1.37. The second kappa shape index (κ2) is 16.2. The highest BCUT2D eigenvalue weighted by Gasteiger charge is 2.01. The minimum atomic E-state index is 0.529. The van der Waals surface area contributed by atoms with Crippen LogP contribution < -0.4 is 0 Å². The lowest BCUT2D eigenvalue weighted by molar-refractivity contribution is 0.701. The molecule has 0 aliphatic heterocycles. The molecule has 0 atom stereocenters. The van der Waals surface area contributed by atoms with Crippen molar-refractivity contribution in [2.45, 2.75) is 38.9 Å². The second-order valence-electron chi connectivity index (χ2n) is 2.57. The average Bonchev–Trinajstić information content (AvgIpc) is 2.13. The Hall–Kier alpha value is 1.72. The third-order valence-corrected chi connectivity index (χ3v) is 3.69. The van der Waals surface area contributed by atoms with Crippen molar-refractivity contribution in [3.05, 3.63) is 0 Å². The molecule has 0 aromatic heterocycles. The monoisotopic (exact) mass is 348 g/mol. The van der Waals surface area contributed by atoms with Crippen LogP contribution in [0.2, 0.25) is 6.32 Å². The van der Waals surface area contributed by atoms with Crippen molar-refractivity contribution in [1.82, 2.24) is 0 Å². The smallest absolute Gasteiger partial charge is 0.139 e. The summed E-state index contributed by atoms with van der Waals surface area (Å²) < 4.78 is 0.529. The van der Waals surface area contributed by atoms with Crippen LogP contribution >= 0.6 is 53.1 Å². The van der Waals surface area contributed by atoms with E-state index in [1.165, 1.54) is 32.0 Å². The van der Waals surface area contributed by atoms with Crippen molar-refractivity contribution in [2.75, 3.05) is 12.5 Å². The summed E-state index contributed by atoms with van der Waals surface area (Å²) in [6.45, 7) is 2.24. The first-order valence-electron chi connectivity index (χ1n) is 4.53. The molecular weight excluding hydrogens is 331 g/mol. The molecule has 80 valence electrons. The van der Waals surface area contributed by atoms with Crippen LogP contribution in [0.3, 0.4) is 0 Å². The Bertz CT molecular complexity index is 82.5. The van der Waals surface area contributed by atoms with Gasteiger partial charge in [-0.1, -0.05) is 60.5 Å². The Morgan fingerprint density at radius 2 is 1.54 bits per heavy atom. The lowest BCUT2D eigenvalue weighted by Gasteiger charge is -1.96. The number of rotatable bonds is 6. The zero-order chi connectivity index (χ0) is 10.5. The fraction of sp³-hybridized carbons (Fsp3) is 1.00. The second-order valence-corrected chi connectivity index (χ2v) is 8.68. The maximum absolute atomic E-state index is 3.44. The van der Waals surface area contributed by atoms with Crippen molar-refractivity contribution in [2.24, 2.45) is 0 Å². The van der Waals surface area contributed by atoms with E-state index in [2.05, 4.69) is 50.9 Å². The van der Waals surface area contributed by atoms with Gasteiger partial charge in [0.1, 0.15) is 0 Å². The molecule has 0 nitrogen and oxygen atoms in total. The quantitative estimate of drug-likeness (QED) is 0.354. The molecule has 13 heavy (non-hydrogen) atoms. The highest BCUT2D eigenvalue weighted by molar-refractivity contribution is 9.49. The third-order valence-electron chi connectivity index (χ3n) is 1.44. The summed E-state index contributed by atoms with van der Waals surface area (Å²) in [7, 11) is 3.55. The van der Waals surface area contributed by atoms with E-state index < -0.39 is 0 Å². The topological polar surface area (TPSA) is 0 Å². The normalized spacial score (nSPS) is 9.00. The van der Waals surface area contributed by atoms with Gasteiger partial charge in [0.25, 0.3) is 4.36 Å². The van der Waals surface area contributed by atoms with Gasteiger partial charge in [0.15, 0.2) is 0 Å². The molecule has 5 heteroatoms. The highest BCUT2D eigenvalue weighted by Crippen LogP contribution is 2.13. The molecule has 0 saturated heterocycles. The first-order valence-corrected chi connectivity index (χ1v) is 9.33. The zero-order valence-corrected chi connectivity index (χ0v) is 13.5. The van der Waals surface area contributed by atoms with Crippen LogP contribution in [-0.2, 0) is 0 Å². The summed E-state index contributed by atoms with van der Waals surface area (Å²) in [5.74, 6) is 0.